The first-order chi connectivity index (χ1) is 11.5. The molecule has 2 aromatic rings. The summed E-state index contributed by atoms with van der Waals surface area (Å²) in [4.78, 5) is 27.0. The molecule has 8 heteroatoms. The topological polar surface area (TPSA) is 104 Å². The van der Waals surface area contributed by atoms with Crippen molar-refractivity contribution in [3.63, 3.8) is 0 Å². The lowest BCUT2D eigenvalue weighted by Gasteiger charge is -2.13. The second kappa shape index (κ2) is 7.40. The Bertz CT molecular complexity index is 776. The number of carbonyl (C=O) groups is 1. The van der Waals surface area contributed by atoms with Crippen LogP contribution in [0.25, 0.3) is 0 Å². The number of anilines is 1. The molecule has 0 bridgehead atoms. The molecule has 0 saturated heterocycles. The highest BCUT2D eigenvalue weighted by Crippen LogP contribution is 2.33. The summed E-state index contributed by atoms with van der Waals surface area (Å²) < 4.78 is 10.5. The SMILES string of the molecule is CCOc1ncccc1C(=O)Nc1cc(C)c([N+](=O)[O-])cc1OC. The number of nitro groups is 1. The van der Waals surface area contributed by atoms with Gasteiger partial charge in [-0.05, 0) is 32.0 Å². The number of rotatable bonds is 6. The van der Waals surface area contributed by atoms with E-state index in [0.29, 0.717) is 17.9 Å². The van der Waals surface area contributed by atoms with E-state index in [1.807, 2.05) is 0 Å². The quantitative estimate of drug-likeness (QED) is 0.644. The van der Waals surface area contributed by atoms with Crippen molar-refractivity contribution in [3.05, 3.63) is 51.7 Å². The molecule has 1 amide bonds. The van der Waals surface area contributed by atoms with Gasteiger partial charge in [0.1, 0.15) is 11.3 Å². The van der Waals surface area contributed by atoms with Crippen LogP contribution in [0.2, 0.25) is 0 Å². The summed E-state index contributed by atoms with van der Waals surface area (Å²) in [7, 11) is 1.37. The van der Waals surface area contributed by atoms with Gasteiger partial charge in [0.15, 0.2) is 0 Å². The molecule has 0 atom stereocenters. The summed E-state index contributed by atoms with van der Waals surface area (Å²) in [5, 5.41) is 13.7. The maximum Gasteiger partial charge on any atom is 0.276 e. The fourth-order valence-corrected chi connectivity index (χ4v) is 2.15. The number of aromatic nitrogens is 1. The van der Waals surface area contributed by atoms with E-state index in [1.54, 1.807) is 26.0 Å². The van der Waals surface area contributed by atoms with Crippen LogP contribution in [0.4, 0.5) is 11.4 Å². The van der Waals surface area contributed by atoms with E-state index in [0.717, 1.165) is 0 Å². The van der Waals surface area contributed by atoms with E-state index >= 15 is 0 Å². The number of nitro benzene ring substituents is 1. The Hall–Kier alpha value is -3.16. The summed E-state index contributed by atoms with van der Waals surface area (Å²) in [5.74, 6) is -0.0318. The minimum atomic E-state index is -0.502. The molecule has 0 fully saturated rings. The summed E-state index contributed by atoms with van der Waals surface area (Å²) in [5.41, 5.74) is 0.919. The Morgan fingerprint density at radius 2 is 2.17 bits per heavy atom. The van der Waals surface area contributed by atoms with Crippen molar-refractivity contribution < 1.29 is 19.2 Å². The van der Waals surface area contributed by atoms with Gasteiger partial charge in [0.05, 0.1) is 30.4 Å². The fourth-order valence-electron chi connectivity index (χ4n) is 2.15. The Labute approximate surface area is 138 Å². The fraction of sp³-hybridized carbons (Fsp3) is 0.250. The highest BCUT2D eigenvalue weighted by molar-refractivity contribution is 6.06. The van der Waals surface area contributed by atoms with Crippen LogP contribution in [0.5, 0.6) is 11.6 Å². The molecule has 0 saturated carbocycles. The monoisotopic (exact) mass is 331 g/mol. The Morgan fingerprint density at radius 1 is 1.42 bits per heavy atom. The Kier molecular flexibility index (Phi) is 5.31. The molecule has 0 radical (unpaired) electrons. The first-order valence-corrected chi connectivity index (χ1v) is 7.20. The third-order valence-electron chi connectivity index (χ3n) is 3.26. The van der Waals surface area contributed by atoms with Crippen molar-refractivity contribution in [1.29, 1.82) is 0 Å². The molecule has 0 unspecified atom stereocenters. The smallest absolute Gasteiger partial charge is 0.276 e. The second-order valence-electron chi connectivity index (χ2n) is 4.84. The molecule has 0 aliphatic rings. The number of aryl methyl sites for hydroxylation is 1. The van der Waals surface area contributed by atoms with Crippen molar-refractivity contribution >= 4 is 17.3 Å². The van der Waals surface area contributed by atoms with Crippen molar-refractivity contribution in [1.82, 2.24) is 4.98 Å². The Morgan fingerprint density at radius 3 is 2.79 bits per heavy atom. The standard InChI is InChI=1S/C16H17N3O5/c1-4-24-16-11(6-5-7-17-16)15(20)18-12-8-10(2)13(19(21)22)9-14(12)23-3/h5-9H,4H2,1-3H3,(H,18,20). The summed E-state index contributed by atoms with van der Waals surface area (Å²) in [6, 6.07) is 5.97. The van der Waals surface area contributed by atoms with Gasteiger partial charge in [-0.25, -0.2) is 4.98 Å². The summed E-state index contributed by atoms with van der Waals surface area (Å²) in [6.07, 6.45) is 1.53. The molecule has 8 nitrogen and oxygen atoms in total. The van der Waals surface area contributed by atoms with Crippen LogP contribution in [0.1, 0.15) is 22.8 Å². The van der Waals surface area contributed by atoms with Gasteiger partial charge in [-0.3, -0.25) is 14.9 Å². The van der Waals surface area contributed by atoms with Gasteiger partial charge in [-0.2, -0.15) is 0 Å². The van der Waals surface area contributed by atoms with Crippen molar-refractivity contribution in [2.75, 3.05) is 19.0 Å². The molecule has 126 valence electrons. The lowest BCUT2D eigenvalue weighted by atomic mass is 10.1. The average Bonchev–Trinajstić information content (AvgIpc) is 2.55. The third kappa shape index (κ3) is 3.60. The number of hydrogen-bond donors (Lipinski definition) is 1. The van der Waals surface area contributed by atoms with Gasteiger partial charge in [-0.1, -0.05) is 0 Å². The van der Waals surface area contributed by atoms with Gasteiger partial charge in [0, 0.05) is 11.8 Å². The lowest BCUT2D eigenvalue weighted by molar-refractivity contribution is -0.385. The number of nitrogens with zero attached hydrogens (tertiary/aromatic N) is 2. The van der Waals surface area contributed by atoms with Gasteiger partial charge in [0.25, 0.3) is 11.6 Å². The maximum absolute atomic E-state index is 12.5. The number of amides is 1. The normalized spacial score (nSPS) is 10.1. The largest absolute Gasteiger partial charge is 0.494 e. The van der Waals surface area contributed by atoms with Crippen molar-refractivity contribution in [2.24, 2.45) is 0 Å². The van der Waals surface area contributed by atoms with E-state index in [4.69, 9.17) is 9.47 Å². The number of ether oxygens (including phenoxy) is 2. The Balaban J connectivity index is 2.36. The second-order valence-corrected chi connectivity index (χ2v) is 4.84. The highest BCUT2D eigenvalue weighted by atomic mass is 16.6. The molecule has 1 aromatic heterocycles. The molecule has 2 rings (SSSR count). The third-order valence-corrected chi connectivity index (χ3v) is 3.26. The number of methoxy groups -OCH3 is 1. The van der Waals surface area contributed by atoms with E-state index in [1.165, 1.54) is 25.4 Å². The first-order valence-electron chi connectivity index (χ1n) is 7.20. The summed E-state index contributed by atoms with van der Waals surface area (Å²) in [6.45, 7) is 3.75. The molecule has 0 aliphatic heterocycles. The van der Waals surface area contributed by atoms with Crippen LogP contribution in [0, 0.1) is 17.0 Å². The van der Waals surface area contributed by atoms with Crippen LogP contribution >= 0.6 is 0 Å². The van der Waals surface area contributed by atoms with Crippen molar-refractivity contribution in [3.8, 4) is 11.6 Å². The van der Waals surface area contributed by atoms with Crippen LogP contribution in [-0.4, -0.2) is 29.5 Å². The van der Waals surface area contributed by atoms with Gasteiger partial charge in [0.2, 0.25) is 5.88 Å². The van der Waals surface area contributed by atoms with Crippen LogP contribution in [-0.2, 0) is 0 Å². The molecule has 24 heavy (non-hydrogen) atoms. The van der Waals surface area contributed by atoms with Crippen LogP contribution in [0.15, 0.2) is 30.5 Å². The van der Waals surface area contributed by atoms with E-state index in [2.05, 4.69) is 10.3 Å². The predicted octanol–water partition coefficient (Wildman–Crippen LogP) is 2.96. The van der Waals surface area contributed by atoms with Crippen LogP contribution < -0.4 is 14.8 Å². The minimum Gasteiger partial charge on any atom is -0.494 e. The van der Waals surface area contributed by atoms with E-state index < -0.39 is 10.8 Å². The van der Waals surface area contributed by atoms with Gasteiger partial charge < -0.3 is 14.8 Å². The molecule has 1 aromatic carbocycles. The lowest BCUT2D eigenvalue weighted by Crippen LogP contribution is -2.15. The first kappa shape index (κ1) is 17.2. The molecule has 0 aliphatic carbocycles. The zero-order valence-corrected chi connectivity index (χ0v) is 13.5. The molecular weight excluding hydrogens is 314 g/mol. The minimum absolute atomic E-state index is 0.0822. The predicted molar refractivity (Wildman–Crippen MR) is 87.7 cm³/mol. The van der Waals surface area contributed by atoms with Gasteiger partial charge in [-0.15, -0.1) is 0 Å². The van der Waals surface area contributed by atoms with Crippen LogP contribution in [0.3, 0.4) is 0 Å². The number of benzene rings is 1. The number of pyridine rings is 1. The maximum atomic E-state index is 12.5. The van der Waals surface area contributed by atoms with E-state index in [-0.39, 0.29) is 22.9 Å². The molecule has 1 heterocycles. The zero-order valence-electron chi connectivity index (χ0n) is 13.5. The molecule has 0 spiro atoms. The summed E-state index contributed by atoms with van der Waals surface area (Å²) >= 11 is 0. The number of nitrogens with one attached hydrogen (secondary N) is 1. The van der Waals surface area contributed by atoms with E-state index in [9.17, 15) is 14.9 Å². The number of carbonyl (C=O) groups excluding carboxylic acids is 1. The average molecular weight is 331 g/mol. The number of hydrogen-bond acceptors (Lipinski definition) is 6. The van der Waals surface area contributed by atoms with Gasteiger partial charge >= 0.3 is 0 Å². The molecular formula is C16H17N3O5. The van der Waals surface area contributed by atoms with Crippen molar-refractivity contribution in [2.45, 2.75) is 13.8 Å². The highest BCUT2D eigenvalue weighted by Gasteiger charge is 2.19. The molecule has 1 N–H and O–H groups in total. The zero-order chi connectivity index (χ0) is 17.7.